The van der Waals surface area contributed by atoms with Crippen LogP contribution in [-0.2, 0) is 9.59 Å². The Morgan fingerprint density at radius 3 is 2.59 bits per heavy atom. The number of ketones is 1. The van der Waals surface area contributed by atoms with Gasteiger partial charge in [0.05, 0.1) is 0 Å². The monoisotopic (exact) mass is 239 g/mol. The zero-order valence-electron chi connectivity index (χ0n) is 11.4. The fourth-order valence-electron chi connectivity index (χ4n) is 2.47. The predicted molar refractivity (Wildman–Crippen MR) is 68.7 cm³/mol. The SMILES string of the molecule is CCC(C)C(=O)N1CCCCCC1CC(C)=O. The van der Waals surface area contributed by atoms with Gasteiger partial charge in [-0.1, -0.05) is 26.7 Å². The van der Waals surface area contributed by atoms with Crippen molar-refractivity contribution < 1.29 is 9.59 Å². The molecule has 0 aromatic heterocycles. The molecule has 0 bridgehead atoms. The summed E-state index contributed by atoms with van der Waals surface area (Å²) in [4.78, 5) is 25.6. The number of carbonyl (C=O) groups excluding carboxylic acids is 2. The highest BCUT2D eigenvalue weighted by atomic mass is 16.2. The summed E-state index contributed by atoms with van der Waals surface area (Å²) in [5.41, 5.74) is 0. The van der Waals surface area contributed by atoms with Crippen LogP contribution >= 0.6 is 0 Å². The van der Waals surface area contributed by atoms with Gasteiger partial charge in [-0.05, 0) is 26.2 Å². The molecule has 1 amide bonds. The van der Waals surface area contributed by atoms with Crippen molar-refractivity contribution in [2.24, 2.45) is 5.92 Å². The van der Waals surface area contributed by atoms with E-state index in [-0.39, 0.29) is 23.7 Å². The van der Waals surface area contributed by atoms with Crippen LogP contribution in [-0.4, -0.2) is 29.2 Å². The van der Waals surface area contributed by atoms with Crippen LogP contribution in [0.5, 0.6) is 0 Å². The molecule has 0 spiro atoms. The van der Waals surface area contributed by atoms with E-state index in [0.717, 1.165) is 32.2 Å². The second-order valence-electron chi connectivity index (χ2n) is 5.25. The van der Waals surface area contributed by atoms with E-state index < -0.39 is 0 Å². The molecular formula is C14H25NO2. The third kappa shape index (κ3) is 4.14. The standard InChI is InChI=1S/C14H25NO2/c1-4-11(2)14(17)15-9-7-5-6-8-13(15)10-12(3)16/h11,13H,4-10H2,1-3H3. The number of hydrogen-bond acceptors (Lipinski definition) is 2. The molecule has 98 valence electrons. The number of carbonyl (C=O) groups is 2. The van der Waals surface area contributed by atoms with Crippen LogP contribution in [0.15, 0.2) is 0 Å². The number of hydrogen-bond donors (Lipinski definition) is 0. The summed E-state index contributed by atoms with van der Waals surface area (Å²) < 4.78 is 0. The van der Waals surface area contributed by atoms with Gasteiger partial charge in [0.15, 0.2) is 0 Å². The van der Waals surface area contributed by atoms with Crippen molar-refractivity contribution in [2.75, 3.05) is 6.54 Å². The number of Topliss-reactive ketones (excluding diaryl/α,β-unsaturated/α-hetero) is 1. The largest absolute Gasteiger partial charge is 0.339 e. The zero-order chi connectivity index (χ0) is 12.8. The summed E-state index contributed by atoms with van der Waals surface area (Å²) in [7, 11) is 0. The lowest BCUT2D eigenvalue weighted by atomic mass is 10.0. The third-order valence-corrected chi connectivity index (χ3v) is 3.72. The Balaban J connectivity index is 2.73. The molecule has 1 fully saturated rings. The molecule has 2 atom stereocenters. The van der Waals surface area contributed by atoms with Crippen molar-refractivity contribution in [3.05, 3.63) is 0 Å². The molecule has 1 rings (SSSR count). The van der Waals surface area contributed by atoms with Gasteiger partial charge in [-0.15, -0.1) is 0 Å². The molecular weight excluding hydrogens is 214 g/mol. The Hall–Kier alpha value is -0.860. The lowest BCUT2D eigenvalue weighted by Gasteiger charge is -2.31. The molecule has 17 heavy (non-hydrogen) atoms. The highest BCUT2D eigenvalue weighted by Gasteiger charge is 2.28. The molecule has 0 aliphatic carbocycles. The normalized spacial score (nSPS) is 23.0. The van der Waals surface area contributed by atoms with Crippen molar-refractivity contribution in [3.63, 3.8) is 0 Å². The molecule has 0 radical (unpaired) electrons. The van der Waals surface area contributed by atoms with Gasteiger partial charge in [-0.25, -0.2) is 0 Å². The first-order chi connectivity index (χ1) is 8.06. The Labute approximate surface area is 105 Å². The summed E-state index contributed by atoms with van der Waals surface area (Å²) in [6.45, 7) is 6.48. The van der Waals surface area contributed by atoms with Gasteiger partial charge >= 0.3 is 0 Å². The summed E-state index contributed by atoms with van der Waals surface area (Å²) in [6.07, 6.45) is 5.80. The quantitative estimate of drug-likeness (QED) is 0.756. The summed E-state index contributed by atoms with van der Waals surface area (Å²) in [5, 5.41) is 0. The minimum Gasteiger partial charge on any atom is -0.339 e. The number of likely N-dealkylation sites (tertiary alicyclic amines) is 1. The Bertz CT molecular complexity index is 275. The number of nitrogens with zero attached hydrogens (tertiary/aromatic N) is 1. The van der Waals surface area contributed by atoms with E-state index in [2.05, 4.69) is 0 Å². The lowest BCUT2D eigenvalue weighted by molar-refractivity contribution is -0.138. The summed E-state index contributed by atoms with van der Waals surface area (Å²) in [5.74, 6) is 0.516. The van der Waals surface area contributed by atoms with Gasteiger partial charge in [-0.3, -0.25) is 9.59 Å². The second kappa shape index (κ2) is 6.77. The number of amides is 1. The van der Waals surface area contributed by atoms with Gasteiger partial charge in [0.25, 0.3) is 0 Å². The fraction of sp³-hybridized carbons (Fsp3) is 0.857. The van der Waals surface area contributed by atoms with Crippen LogP contribution in [0.1, 0.15) is 59.3 Å². The summed E-state index contributed by atoms with van der Waals surface area (Å²) in [6, 6.07) is 0.150. The maximum atomic E-state index is 12.3. The molecule has 1 aliphatic rings. The topological polar surface area (TPSA) is 37.4 Å². The number of rotatable bonds is 4. The average molecular weight is 239 g/mol. The predicted octanol–water partition coefficient (Wildman–Crippen LogP) is 2.78. The third-order valence-electron chi connectivity index (χ3n) is 3.72. The average Bonchev–Trinajstić information content (AvgIpc) is 2.51. The fourth-order valence-corrected chi connectivity index (χ4v) is 2.47. The van der Waals surface area contributed by atoms with Gasteiger partial charge < -0.3 is 4.90 Å². The van der Waals surface area contributed by atoms with Crippen LogP contribution in [0.3, 0.4) is 0 Å². The molecule has 0 N–H and O–H groups in total. The highest BCUT2D eigenvalue weighted by Crippen LogP contribution is 2.22. The van der Waals surface area contributed by atoms with E-state index in [1.54, 1.807) is 6.92 Å². The van der Waals surface area contributed by atoms with Crippen molar-refractivity contribution in [3.8, 4) is 0 Å². The van der Waals surface area contributed by atoms with Crippen molar-refractivity contribution in [1.82, 2.24) is 4.90 Å². The molecule has 3 nitrogen and oxygen atoms in total. The van der Waals surface area contributed by atoms with Gasteiger partial charge in [-0.2, -0.15) is 0 Å². The van der Waals surface area contributed by atoms with Gasteiger partial charge in [0.1, 0.15) is 5.78 Å². The highest BCUT2D eigenvalue weighted by molar-refractivity contribution is 5.81. The van der Waals surface area contributed by atoms with Crippen LogP contribution in [0.2, 0.25) is 0 Å². The first-order valence-corrected chi connectivity index (χ1v) is 6.86. The first-order valence-electron chi connectivity index (χ1n) is 6.86. The van der Waals surface area contributed by atoms with E-state index in [1.807, 2.05) is 18.7 Å². The van der Waals surface area contributed by atoms with Crippen LogP contribution < -0.4 is 0 Å². The molecule has 0 aromatic carbocycles. The molecule has 1 aliphatic heterocycles. The van der Waals surface area contributed by atoms with E-state index in [0.29, 0.717) is 6.42 Å². The van der Waals surface area contributed by atoms with Crippen LogP contribution in [0.25, 0.3) is 0 Å². The van der Waals surface area contributed by atoms with E-state index in [9.17, 15) is 9.59 Å². The maximum Gasteiger partial charge on any atom is 0.225 e. The lowest BCUT2D eigenvalue weighted by Crippen LogP contribution is -2.43. The van der Waals surface area contributed by atoms with E-state index in [1.165, 1.54) is 6.42 Å². The van der Waals surface area contributed by atoms with Crippen LogP contribution in [0, 0.1) is 5.92 Å². The first kappa shape index (κ1) is 14.2. The van der Waals surface area contributed by atoms with Crippen LogP contribution in [0.4, 0.5) is 0 Å². The van der Waals surface area contributed by atoms with E-state index in [4.69, 9.17) is 0 Å². The Morgan fingerprint density at radius 2 is 2.00 bits per heavy atom. The molecule has 3 heteroatoms. The second-order valence-corrected chi connectivity index (χ2v) is 5.25. The van der Waals surface area contributed by atoms with Gasteiger partial charge in [0.2, 0.25) is 5.91 Å². The minimum atomic E-state index is 0.0857. The molecule has 0 aromatic rings. The van der Waals surface area contributed by atoms with Crippen molar-refractivity contribution >= 4 is 11.7 Å². The van der Waals surface area contributed by atoms with Crippen molar-refractivity contribution in [2.45, 2.75) is 65.3 Å². The molecule has 1 saturated heterocycles. The maximum absolute atomic E-state index is 12.3. The molecule has 1 heterocycles. The Morgan fingerprint density at radius 1 is 1.29 bits per heavy atom. The molecule has 0 saturated carbocycles. The minimum absolute atomic E-state index is 0.0857. The molecule has 2 unspecified atom stereocenters. The van der Waals surface area contributed by atoms with E-state index >= 15 is 0 Å². The Kier molecular flexibility index (Phi) is 5.66. The summed E-state index contributed by atoms with van der Waals surface area (Å²) >= 11 is 0. The van der Waals surface area contributed by atoms with Crippen molar-refractivity contribution in [1.29, 1.82) is 0 Å². The smallest absolute Gasteiger partial charge is 0.225 e. The zero-order valence-corrected chi connectivity index (χ0v) is 11.4. The van der Waals surface area contributed by atoms with Gasteiger partial charge in [0, 0.05) is 24.9 Å².